The average Bonchev–Trinajstić information content (AvgIpc) is 2.48. The molecule has 1 aromatic rings. The first-order valence-corrected chi connectivity index (χ1v) is 6.94. The van der Waals surface area contributed by atoms with Crippen molar-refractivity contribution in [1.29, 1.82) is 0 Å². The quantitative estimate of drug-likeness (QED) is 0.640. The van der Waals surface area contributed by atoms with Crippen molar-refractivity contribution in [3.63, 3.8) is 0 Å². The molecule has 0 saturated heterocycles. The molecule has 0 spiro atoms. The highest BCUT2D eigenvalue weighted by molar-refractivity contribution is 5.95. The van der Waals surface area contributed by atoms with Crippen LogP contribution in [0.4, 0.5) is 10.2 Å². The lowest BCUT2D eigenvalue weighted by atomic mass is 10.2. The van der Waals surface area contributed by atoms with E-state index in [4.69, 9.17) is 9.47 Å². The van der Waals surface area contributed by atoms with Gasteiger partial charge < -0.3 is 20.1 Å². The summed E-state index contributed by atoms with van der Waals surface area (Å²) >= 11 is 0. The molecule has 7 heteroatoms. The zero-order valence-corrected chi connectivity index (χ0v) is 12.4. The van der Waals surface area contributed by atoms with Crippen LogP contribution in [0.3, 0.4) is 0 Å². The summed E-state index contributed by atoms with van der Waals surface area (Å²) in [6, 6.07) is 1.36. The molecule has 0 unspecified atom stereocenters. The standard InChI is InChI=1S/C14H22FN3O3/c1-3-16-13-12(15)11(5-7-17-13)14(19)18-6-4-8-21-10-9-20-2/h5,7H,3-4,6,8-10H2,1-2H3,(H,16,17)(H,18,19). The number of pyridine rings is 1. The molecule has 0 aromatic carbocycles. The Balaban J connectivity index is 2.37. The SMILES string of the molecule is CCNc1nccc(C(=O)NCCCOCCOC)c1F. The monoisotopic (exact) mass is 299 g/mol. The minimum absolute atomic E-state index is 0.0127. The summed E-state index contributed by atoms with van der Waals surface area (Å²) in [5.74, 6) is -0.993. The van der Waals surface area contributed by atoms with Crippen molar-refractivity contribution in [3.05, 3.63) is 23.6 Å². The van der Waals surface area contributed by atoms with Crippen molar-refractivity contribution in [3.8, 4) is 0 Å². The van der Waals surface area contributed by atoms with Gasteiger partial charge in [-0.15, -0.1) is 0 Å². The Morgan fingerprint density at radius 1 is 1.38 bits per heavy atom. The number of nitrogens with one attached hydrogen (secondary N) is 2. The number of halogens is 1. The van der Waals surface area contributed by atoms with E-state index >= 15 is 0 Å². The Bertz CT molecular complexity index is 443. The van der Waals surface area contributed by atoms with Crippen molar-refractivity contribution in [2.45, 2.75) is 13.3 Å². The number of aromatic nitrogens is 1. The normalized spacial score (nSPS) is 10.4. The van der Waals surface area contributed by atoms with Gasteiger partial charge in [0, 0.05) is 33.0 Å². The van der Waals surface area contributed by atoms with Crippen molar-refractivity contribution >= 4 is 11.7 Å². The predicted octanol–water partition coefficient (Wildman–Crippen LogP) is 1.44. The lowest BCUT2D eigenvalue weighted by Gasteiger charge is -2.09. The number of hydrogen-bond acceptors (Lipinski definition) is 5. The summed E-state index contributed by atoms with van der Waals surface area (Å²) in [7, 11) is 1.61. The number of carbonyl (C=O) groups is 1. The van der Waals surface area contributed by atoms with Crippen molar-refractivity contribution in [2.75, 3.05) is 45.3 Å². The van der Waals surface area contributed by atoms with E-state index in [9.17, 15) is 9.18 Å². The Morgan fingerprint density at radius 3 is 2.90 bits per heavy atom. The Labute approximate surface area is 124 Å². The average molecular weight is 299 g/mol. The van der Waals surface area contributed by atoms with Crippen LogP contribution in [0.15, 0.2) is 12.3 Å². The summed E-state index contributed by atoms with van der Waals surface area (Å²) in [6.07, 6.45) is 2.06. The zero-order valence-electron chi connectivity index (χ0n) is 12.4. The maximum absolute atomic E-state index is 14.0. The number of rotatable bonds is 10. The molecule has 1 rings (SSSR count). The van der Waals surface area contributed by atoms with Gasteiger partial charge in [0.05, 0.1) is 18.8 Å². The van der Waals surface area contributed by atoms with Gasteiger partial charge in [-0.2, -0.15) is 0 Å². The molecule has 1 aromatic heterocycles. The summed E-state index contributed by atoms with van der Waals surface area (Å²) < 4.78 is 24.1. The molecule has 0 saturated carbocycles. The summed E-state index contributed by atoms with van der Waals surface area (Å²) in [6.45, 7) is 4.37. The second-order valence-corrected chi connectivity index (χ2v) is 4.27. The van der Waals surface area contributed by atoms with Crippen molar-refractivity contribution < 1.29 is 18.7 Å². The highest BCUT2D eigenvalue weighted by Crippen LogP contribution is 2.14. The van der Waals surface area contributed by atoms with E-state index in [2.05, 4.69) is 15.6 Å². The highest BCUT2D eigenvalue weighted by atomic mass is 19.1. The van der Waals surface area contributed by atoms with Crippen LogP contribution >= 0.6 is 0 Å². The fourth-order valence-corrected chi connectivity index (χ4v) is 1.63. The number of carbonyl (C=O) groups excluding carboxylic acids is 1. The smallest absolute Gasteiger partial charge is 0.254 e. The van der Waals surface area contributed by atoms with Crippen LogP contribution in [0.5, 0.6) is 0 Å². The summed E-state index contributed by atoms with van der Waals surface area (Å²) in [5.41, 5.74) is -0.0127. The molecule has 0 fully saturated rings. The fraction of sp³-hybridized carbons (Fsp3) is 0.571. The molecule has 0 radical (unpaired) electrons. The number of hydrogen-bond donors (Lipinski definition) is 2. The molecular weight excluding hydrogens is 277 g/mol. The third kappa shape index (κ3) is 6.05. The van der Waals surface area contributed by atoms with Gasteiger partial charge in [-0.3, -0.25) is 4.79 Å². The molecule has 0 aliphatic rings. The van der Waals surface area contributed by atoms with Crippen LogP contribution in [0.2, 0.25) is 0 Å². The number of amides is 1. The molecule has 6 nitrogen and oxygen atoms in total. The predicted molar refractivity (Wildman–Crippen MR) is 78.0 cm³/mol. The molecule has 118 valence electrons. The van der Waals surface area contributed by atoms with E-state index in [1.807, 2.05) is 6.92 Å². The fourth-order valence-electron chi connectivity index (χ4n) is 1.63. The van der Waals surface area contributed by atoms with Crippen molar-refractivity contribution in [2.24, 2.45) is 0 Å². The van der Waals surface area contributed by atoms with E-state index < -0.39 is 11.7 Å². The highest BCUT2D eigenvalue weighted by Gasteiger charge is 2.15. The molecule has 0 aliphatic carbocycles. The molecule has 1 amide bonds. The van der Waals surface area contributed by atoms with Crippen LogP contribution < -0.4 is 10.6 Å². The first-order valence-electron chi connectivity index (χ1n) is 6.94. The van der Waals surface area contributed by atoms with E-state index in [1.54, 1.807) is 7.11 Å². The minimum atomic E-state index is -0.631. The molecule has 21 heavy (non-hydrogen) atoms. The largest absolute Gasteiger partial charge is 0.382 e. The van der Waals surface area contributed by atoms with Gasteiger partial charge in [0.1, 0.15) is 0 Å². The molecule has 1 heterocycles. The van der Waals surface area contributed by atoms with E-state index in [0.29, 0.717) is 39.3 Å². The van der Waals surface area contributed by atoms with E-state index in [-0.39, 0.29) is 11.4 Å². The maximum Gasteiger partial charge on any atom is 0.254 e. The number of ether oxygens (including phenoxy) is 2. The Hall–Kier alpha value is -1.73. The van der Waals surface area contributed by atoms with Crippen LogP contribution in [0.25, 0.3) is 0 Å². The first kappa shape index (κ1) is 17.3. The topological polar surface area (TPSA) is 72.5 Å². The molecule has 0 bridgehead atoms. The number of anilines is 1. The van der Waals surface area contributed by atoms with Gasteiger partial charge >= 0.3 is 0 Å². The third-order valence-electron chi connectivity index (χ3n) is 2.66. The van der Waals surface area contributed by atoms with Gasteiger partial charge in [-0.1, -0.05) is 0 Å². The van der Waals surface area contributed by atoms with Gasteiger partial charge in [-0.25, -0.2) is 9.37 Å². The summed E-state index contributed by atoms with van der Waals surface area (Å²) in [5, 5.41) is 5.42. The molecular formula is C14H22FN3O3. The number of nitrogens with zero attached hydrogens (tertiary/aromatic N) is 1. The second kappa shape index (κ2) is 10.1. The zero-order chi connectivity index (χ0) is 15.5. The lowest BCUT2D eigenvalue weighted by molar-refractivity contribution is 0.0688. The molecule has 0 aliphatic heterocycles. The van der Waals surface area contributed by atoms with Gasteiger partial charge in [0.25, 0.3) is 5.91 Å². The van der Waals surface area contributed by atoms with Crippen LogP contribution in [0.1, 0.15) is 23.7 Å². The Kier molecular flexibility index (Phi) is 8.30. The lowest BCUT2D eigenvalue weighted by Crippen LogP contribution is -2.26. The van der Waals surface area contributed by atoms with Crippen LogP contribution in [0, 0.1) is 5.82 Å². The molecule has 2 N–H and O–H groups in total. The Morgan fingerprint density at radius 2 is 2.19 bits per heavy atom. The second-order valence-electron chi connectivity index (χ2n) is 4.27. The summed E-state index contributed by atoms with van der Waals surface area (Å²) in [4.78, 5) is 15.7. The third-order valence-corrected chi connectivity index (χ3v) is 2.66. The minimum Gasteiger partial charge on any atom is -0.382 e. The van der Waals surface area contributed by atoms with E-state index in [1.165, 1.54) is 12.3 Å². The van der Waals surface area contributed by atoms with E-state index in [0.717, 1.165) is 0 Å². The van der Waals surface area contributed by atoms with Crippen molar-refractivity contribution in [1.82, 2.24) is 10.3 Å². The van der Waals surface area contributed by atoms with Gasteiger partial charge in [0.2, 0.25) is 0 Å². The maximum atomic E-state index is 14.0. The van der Waals surface area contributed by atoms with Crippen LogP contribution in [-0.4, -0.2) is 50.9 Å². The first-order chi connectivity index (χ1) is 10.2. The number of methoxy groups -OCH3 is 1. The molecule has 0 atom stereocenters. The van der Waals surface area contributed by atoms with Gasteiger partial charge in [-0.05, 0) is 19.4 Å². The van der Waals surface area contributed by atoms with Gasteiger partial charge in [0.15, 0.2) is 11.6 Å². The van der Waals surface area contributed by atoms with Crippen LogP contribution in [-0.2, 0) is 9.47 Å².